The van der Waals surface area contributed by atoms with E-state index in [0.717, 1.165) is 0 Å². The van der Waals surface area contributed by atoms with Gasteiger partial charge in [0.15, 0.2) is 0 Å². The number of aliphatic hydroxyl groups is 1. The Morgan fingerprint density at radius 2 is 2.14 bits per heavy atom. The van der Waals surface area contributed by atoms with Crippen molar-refractivity contribution in [2.75, 3.05) is 6.61 Å². The molecule has 8 heteroatoms. The third-order valence-electron chi connectivity index (χ3n) is 2.80. The number of aromatic nitrogens is 2. The van der Waals surface area contributed by atoms with Gasteiger partial charge in [-0.25, -0.2) is 0 Å². The van der Waals surface area contributed by atoms with E-state index in [1.807, 2.05) is 0 Å². The van der Waals surface area contributed by atoms with E-state index in [9.17, 15) is 15.2 Å². The van der Waals surface area contributed by atoms with E-state index < -0.39 is 11.0 Å². The summed E-state index contributed by atoms with van der Waals surface area (Å²) in [6, 6.07) is 8.11. The molecule has 0 aliphatic rings. The maximum Gasteiger partial charge on any atom is 0.390 e. The van der Waals surface area contributed by atoms with Crippen molar-refractivity contribution in [1.82, 2.24) is 9.78 Å². The van der Waals surface area contributed by atoms with Gasteiger partial charge in [-0.15, -0.1) is 0 Å². The largest absolute Gasteiger partial charge is 0.491 e. The predicted molar refractivity (Wildman–Crippen MR) is 76.6 cm³/mol. The van der Waals surface area contributed by atoms with Crippen molar-refractivity contribution < 1.29 is 14.8 Å². The normalized spacial score (nSPS) is 12.1. The average Bonchev–Trinajstić information content (AvgIpc) is 2.80. The minimum Gasteiger partial charge on any atom is -0.491 e. The number of nitrogens with zero attached hydrogens (tertiary/aromatic N) is 3. The molecule has 1 aromatic carbocycles. The minimum absolute atomic E-state index is 0.0503. The van der Waals surface area contributed by atoms with Gasteiger partial charge in [0.05, 0.1) is 23.4 Å². The summed E-state index contributed by atoms with van der Waals surface area (Å²) in [6.45, 7) is 1.86. The first-order valence-corrected chi connectivity index (χ1v) is 6.59. The van der Waals surface area contributed by atoms with Gasteiger partial charge >= 0.3 is 5.82 Å². The Morgan fingerprint density at radius 3 is 2.71 bits per heavy atom. The molecule has 0 aliphatic carbocycles. The Kier molecular flexibility index (Phi) is 4.77. The molecule has 2 rings (SSSR count). The fourth-order valence-corrected chi connectivity index (χ4v) is 1.87. The number of hydrogen-bond acceptors (Lipinski definition) is 5. The summed E-state index contributed by atoms with van der Waals surface area (Å²) < 4.78 is 6.79. The first kappa shape index (κ1) is 15.3. The van der Waals surface area contributed by atoms with Gasteiger partial charge in [0.1, 0.15) is 18.5 Å². The number of rotatable bonds is 6. The molecule has 2 aromatic rings. The summed E-state index contributed by atoms with van der Waals surface area (Å²) in [6.07, 6.45) is -0.834. The Balaban J connectivity index is 1.91. The SMILES string of the molecule is Cc1cc([N+](=O)[O-])nn1C[C@H](O)COc1ccc(Cl)cc1. The van der Waals surface area contributed by atoms with E-state index in [4.69, 9.17) is 16.3 Å². The standard InChI is InChI=1S/C13H14ClN3O4/c1-9-6-13(17(19)20)15-16(9)7-11(18)8-21-12-4-2-10(14)3-5-12/h2-6,11,18H,7-8H2,1H3/t11-/m0/s1. The number of halogens is 1. The number of aliphatic hydroxyl groups excluding tert-OH is 1. The van der Waals surface area contributed by atoms with Crippen LogP contribution in [0.3, 0.4) is 0 Å². The van der Waals surface area contributed by atoms with Crippen molar-refractivity contribution in [3.05, 3.63) is 51.2 Å². The second-order valence-corrected chi connectivity index (χ2v) is 4.94. The van der Waals surface area contributed by atoms with E-state index in [2.05, 4.69) is 5.10 Å². The Labute approximate surface area is 125 Å². The summed E-state index contributed by atoms with van der Waals surface area (Å²) in [5, 5.41) is 24.9. The first-order valence-electron chi connectivity index (χ1n) is 6.21. The van der Waals surface area contributed by atoms with Crippen LogP contribution in [-0.4, -0.2) is 32.5 Å². The molecular formula is C13H14ClN3O4. The third-order valence-corrected chi connectivity index (χ3v) is 3.05. The van der Waals surface area contributed by atoms with Crippen LogP contribution in [-0.2, 0) is 6.54 Å². The molecule has 0 bridgehead atoms. The topological polar surface area (TPSA) is 90.4 Å². The van der Waals surface area contributed by atoms with Crippen LogP contribution in [0.25, 0.3) is 0 Å². The highest BCUT2D eigenvalue weighted by atomic mass is 35.5. The Morgan fingerprint density at radius 1 is 1.48 bits per heavy atom. The zero-order valence-electron chi connectivity index (χ0n) is 11.3. The predicted octanol–water partition coefficient (Wildman–Crippen LogP) is 2.19. The smallest absolute Gasteiger partial charge is 0.390 e. The molecular weight excluding hydrogens is 298 g/mol. The minimum atomic E-state index is -0.834. The molecule has 0 amide bonds. The molecule has 0 radical (unpaired) electrons. The van der Waals surface area contributed by atoms with Crippen molar-refractivity contribution >= 4 is 17.4 Å². The molecule has 112 valence electrons. The lowest BCUT2D eigenvalue weighted by atomic mass is 10.3. The molecule has 0 saturated heterocycles. The quantitative estimate of drug-likeness (QED) is 0.652. The van der Waals surface area contributed by atoms with Gasteiger partial charge in [-0.1, -0.05) is 11.6 Å². The Bertz CT molecular complexity index is 627. The van der Waals surface area contributed by atoms with Crippen molar-refractivity contribution in [2.45, 2.75) is 19.6 Å². The van der Waals surface area contributed by atoms with Crippen LogP contribution >= 0.6 is 11.6 Å². The highest BCUT2D eigenvalue weighted by Crippen LogP contribution is 2.16. The molecule has 1 aromatic heterocycles. The van der Waals surface area contributed by atoms with Crippen LogP contribution in [0.4, 0.5) is 5.82 Å². The second-order valence-electron chi connectivity index (χ2n) is 4.50. The summed E-state index contributed by atoms with van der Waals surface area (Å²) in [5.41, 5.74) is 0.604. The molecule has 0 spiro atoms. The molecule has 0 aliphatic heterocycles. The summed E-state index contributed by atoms with van der Waals surface area (Å²) in [7, 11) is 0. The maximum absolute atomic E-state index is 10.6. The lowest BCUT2D eigenvalue weighted by molar-refractivity contribution is -0.389. The number of ether oxygens (including phenoxy) is 1. The van der Waals surface area contributed by atoms with Gasteiger partial charge < -0.3 is 20.0 Å². The van der Waals surface area contributed by atoms with Crippen LogP contribution in [0.2, 0.25) is 5.02 Å². The first-order chi connectivity index (χ1) is 9.95. The highest BCUT2D eigenvalue weighted by Gasteiger charge is 2.18. The van der Waals surface area contributed by atoms with Crippen LogP contribution in [0, 0.1) is 17.0 Å². The highest BCUT2D eigenvalue weighted by molar-refractivity contribution is 6.30. The van der Waals surface area contributed by atoms with E-state index in [1.54, 1.807) is 31.2 Å². The van der Waals surface area contributed by atoms with Crippen LogP contribution in [0.5, 0.6) is 5.75 Å². The lowest BCUT2D eigenvalue weighted by Gasteiger charge is -2.11. The molecule has 1 N–H and O–H groups in total. The van der Waals surface area contributed by atoms with Gasteiger partial charge in [0.25, 0.3) is 0 Å². The van der Waals surface area contributed by atoms with Crippen LogP contribution in [0.1, 0.15) is 5.69 Å². The van der Waals surface area contributed by atoms with Gasteiger partial charge in [-0.3, -0.25) is 0 Å². The molecule has 21 heavy (non-hydrogen) atoms. The summed E-state index contributed by atoms with van der Waals surface area (Å²) >= 11 is 5.76. The van der Waals surface area contributed by atoms with Gasteiger partial charge in [0, 0.05) is 5.02 Å². The molecule has 0 fully saturated rings. The number of nitro groups is 1. The number of benzene rings is 1. The zero-order chi connectivity index (χ0) is 15.4. The molecule has 7 nitrogen and oxygen atoms in total. The van der Waals surface area contributed by atoms with Gasteiger partial charge in [-0.05, 0) is 36.1 Å². The van der Waals surface area contributed by atoms with E-state index in [-0.39, 0.29) is 19.0 Å². The Hall–Kier alpha value is -2.12. The van der Waals surface area contributed by atoms with Gasteiger partial charge in [-0.2, -0.15) is 4.68 Å². The molecule has 0 unspecified atom stereocenters. The fourth-order valence-electron chi connectivity index (χ4n) is 1.74. The number of aryl methyl sites for hydroxylation is 1. The lowest BCUT2D eigenvalue weighted by Crippen LogP contribution is -2.24. The fraction of sp³-hybridized carbons (Fsp3) is 0.308. The van der Waals surface area contributed by atoms with Crippen molar-refractivity contribution in [2.24, 2.45) is 0 Å². The van der Waals surface area contributed by atoms with E-state index in [0.29, 0.717) is 16.5 Å². The molecule has 1 heterocycles. The second kappa shape index (κ2) is 6.55. The van der Waals surface area contributed by atoms with Crippen molar-refractivity contribution in [3.63, 3.8) is 0 Å². The molecule has 0 saturated carbocycles. The third kappa shape index (κ3) is 4.17. The summed E-state index contributed by atoms with van der Waals surface area (Å²) in [4.78, 5) is 10.1. The van der Waals surface area contributed by atoms with Crippen molar-refractivity contribution in [1.29, 1.82) is 0 Å². The maximum atomic E-state index is 10.6. The van der Waals surface area contributed by atoms with E-state index >= 15 is 0 Å². The van der Waals surface area contributed by atoms with Crippen LogP contribution < -0.4 is 4.74 Å². The van der Waals surface area contributed by atoms with E-state index in [1.165, 1.54) is 10.7 Å². The van der Waals surface area contributed by atoms with Crippen molar-refractivity contribution in [3.8, 4) is 5.75 Å². The summed E-state index contributed by atoms with van der Waals surface area (Å²) in [5.74, 6) is 0.347. The van der Waals surface area contributed by atoms with Gasteiger partial charge in [0.2, 0.25) is 0 Å². The number of hydrogen-bond donors (Lipinski definition) is 1. The zero-order valence-corrected chi connectivity index (χ0v) is 12.0. The molecule has 1 atom stereocenters. The van der Waals surface area contributed by atoms with Crippen LogP contribution in [0.15, 0.2) is 30.3 Å². The monoisotopic (exact) mass is 311 g/mol. The average molecular weight is 312 g/mol.